The second kappa shape index (κ2) is 5.91. The lowest BCUT2D eigenvalue weighted by molar-refractivity contribution is -0.143. The fourth-order valence-corrected chi connectivity index (χ4v) is 2.78. The van der Waals surface area contributed by atoms with E-state index in [4.69, 9.17) is 15.2 Å². The fourth-order valence-electron chi connectivity index (χ4n) is 2.78. The summed E-state index contributed by atoms with van der Waals surface area (Å²) >= 11 is 0. The number of carbonyl (C=O) groups excluding carboxylic acids is 1. The third-order valence-corrected chi connectivity index (χ3v) is 3.99. The van der Waals surface area contributed by atoms with Crippen LogP contribution in [-0.2, 0) is 14.3 Å². The van der Waals surface area contributed by atoms with Crippen molar-refractivity contribution >= 4 is 5.91 Å². The molecule has 0 aromatic heterocycles. The minimum absolute atomic E-state index is 0.0487. The van der Waals surface area contributed by atoms with Crippen LogP contribution in [0.5, 0.6) is 0 Å². The molecule has 0 radical (unpaired) electrons. The Morgan fingerprint density at radius 2 is 2.05 bits per heavy atom. The summed E-state index contributed by atoms with van der Waals surface area (Å²) in [5, 5.41) is 0. The average Bonchev–Trinajstić information content (AvgIpc) is 2.94. The average molecular weight is 276 g/mol. The Hall–Kier alpha value is -1.43. The molecule has 2 fully saturated rings. The molecule has 0 saturated carbocycles. The van der Waals surface area contributed by atoms with Gasteiger partial charge in [0.15, 0.2) is 0 Å². The third-order valence-electron chi connectivity index (χ3n) is 3.99. The van der Waals surface area contributed by atoms with Crippen molar-refractivity contribution in [1.29, 1.82) is 0 Å². The van der Waals surface area contributed by atoms with Crippen LogP contribution in [0.3, 0.4) is 0 Å². The molecule has 3 unspecified atom stereocenters. The highest BCUT2D eigenvalue weighted by atomic mass is 16.5. The summed E-state index contributed by atoms with van der Waals surface area (Å²) in [6, 6.07) is 9.83. The SMILES string of the molecule is NC1COCC1C(=O)N1CCOC(c2ccccc2)C1. The van der Waals surface area contributed by atoms with E-state index in [-0.39, 0.29) is 24.0 Å². The first-order chi connectivity index (χ1) is 9.75. The van der Waals surface area contributed by atoms with Crippen LogP contribution in [0.15, 0.2) is 30.3 Å². The largest absolute Gasteiger partial charge is 0.379 e. The maximum Gasteiger partial charge on any atom is 0.229 e. The highest BCUT2D eigenvalue weighted by Gasteiger charge is 2.36. The normalized spacial score (nSPS) is 30.4. The van der Waals surface area contributed by atoms with Gasteiger partial charge in [0.05, 0.1) is 32.3 Å². The number of hydrogen-bond acceptors (Lipinski definition) is 4. The fraction of sp³-hybridized carbons (Fsp3) is 0.533. The first-order valence-corrected chi connectivity index (χ1v) is 7.04. The summed E-state index contributed by atoms with van der Waals surface area (Å²) in [6.07, 6.45) is -0.0487. The van der Waals surface area contributed by atoms with Crippen molar-refractivity contribution in [3.8, 4) is 0 Å². The van der Waals surface area contributed by atoms with Crippen LogP contribution in [0.25, 0.3) is 0 Å². The van der Waals surface area contributed by atoms with Gasteiger partial charge in [-0.15, -0.1) is 0 Å². The summed E-state index contributed by atoms with van der Waals surface area (Å²) in [4.78, 5) is 14.4. The van der Waals surface area contributed by atoms with E-state index in [0.29, 0.717) is 32.9 Å². The first-order valence-electron chi connectivity index (χ1n) is 7.04. The zero-order chi connectivity index (χ0) is 13.9. The molecule has 108 valence electrons. The molecule has 0 spiro atoms. The summed E-state index contributed by atoms with van der Waals surface area (Å²) in [7, 11) is 0. The number of hydrogen-bond donors (Lipinski definition) is 1. The van der Waals surface area contributed by atoms with Crippen molar-refractivity contribution in [2.45, 2.75) is 12.1 Å². The van der Waals surface area contributed by atoms with E-state index in [1.54, 1.807) is 0 Å². The maximum atomic E-state index is 12.5. The lowest BCUT2D eigenvalue weighted by atomic mass is 10.0. The molecule has 2 heterocycles. The van der Waals surface area contributed by atoms with Crippen molar-refractivity contribution < 1.29 is 14.3 Å². The van der Waals surface area contributed by atoms with E-state index >= 15 is 0 Å². The van der Waals surface area contributed by atoms with Crippen molar-refractivity contribution in [3.05, 3.63) is 35.9 Å². The highest BCUT2D eigenvalue weighted by molar-refractivity contribution is 5.80. The highest BCUT2D eigenvalue weighted by Crippen LogP contribution is 2.24. The van der Waals surface area contributed by atoms with Crippen LogP contribution in [0, 0.1) is 5.92 Å². The quantitative estimate of drug-likeness (QED) is 0.857. The Balaban J connectivity index is 1.67. The number of rotatable bonds is 2. The summed E-state index contributed by atoms with van der Waals surface area (Å²) in [6.45, 7) is 2.70. The van der Waals surface area contributed by atoms with Crippen LogP contribution in [0.1, 0.15) is 11.7 Å². The van der Waals surface area contributed by atoms with E-state index in [9.17, 15) is 4.79 Å². The number of ether oxygens (including phenoxy) is 2. The lowest BCUT2D eigenvalue weighted by Crippen LogP contribution is -2.48. The van der Waals surface area contributed by atoms with Gasteiger partial charge in [0.2, 0.25) is 5.91 Å². The maximum absolute atomic E-state index is 12.5. The van der Waals surface area contributed by atoms with Crippen LogP contribution in [0.2, 0.25) is 0 Å². The van der Waals surface area contributed by atoms with Crippen LogP contribution >= 0.6 is 0 Å². The number of nitrogens with zero attached hydrogens (tertiary/aromatic N) is 1. The van der Waals surface area contributed by atoms with Gasteiger partial charge in [-0.25, -0.2) is 0 Å². The number of morpholine rings is 1. The predicted molar refractivity (Wildman–Crippen MR) is 74.0 cm³/mol. The van der Waals surface area contributed by atoms with Crippen LogP contribution in [-0.4, -0.2) is 49.8 Å². The zero-order valence-electron chi connectivity index (χ0n) is 11.4. The number of benzene rings is 1. The predicted octanol–water partition coefficient (Wildman–Crippen LogP) is 0.560. The van der Waals surface area contributed by atoms with Crippen LogP contribution in [0.4, 0.5) is 0 Å². The molecule has 20 heavy (non-hydrogen) atoms. The van der Waals surface area contributed by atoms with Crippen molar-refractivity contribution in [3.63, 3.8) is 0 Å². The Morgan fingerprint density at radius 3 is 2.75 bits per heavy atom. The molecule has 2 N–H and O–H groups in total. The van der Waals surface area contributed by atoms with E-state index in [1.165, 1.54) is 0 Å². The second-order valence-corrected chi connectivity index (χ2v) is 5.36. The van der Waals surface area contributed by atoms with E-state index in [2.05, 4.69) is 0 Å². The first kappa shape index (κ1) is 13.5. The minimum atomic E-state index is -0.204. The Kier molecular flexibility index (Phi) is 4.00. The second-order valence-electron chi connectivity index (χ2n) is 5.36. The van der Waals surface area contributed by atoms with E-state index in [0.717, 1.165) is 5.56 Å². The van der Waals surface area contributed by atoms with Gasteiger partial charge in [0.1, 0.15) is 6.10 Å². The zero-order valence-corrected chi connectivity index (χ0v) is 11.4. The van der Waals surface area contributed by atoms with Gasteiger partial charge in [0.25, 0.3) is 0 Å². The minimum Gasteiger partial charge on any atom is -0.379 e. The van der Waals surface area contributed by atoms with Gasteiger partial charge >= 0.3 is 0 Å². The van der Waals surface area contributed by atoms with Crippen molar-refractivity contribution in [1.82, 2.24) is 4.90 Å². The van der Waals surface area contributed by atoms with E-state index < -0.39 is 0 Å². The standard InChI is InChI=1S/C15H20N2O3/c16-13-10-19-9-12(13)15(18)17-6-7-20-14(8-17)11-4-2-1-3-5-11/h1-5,12-14H,6-10,16H2. The third kappa shape index (κ3) is 2.70. The summed E-state index contributed by atoms with van der Waals surface area (Å²) < 4.78 is 11.1. The Labute approximate surface area is 118 Å². The molecule has 5 heteroatoms. The molecule has 2 aliphatic rings. The van der Waals surface area contributed by atoms with Gasteiger partial charge in [-0.3, -0.25) is 4.79 Å². The van der Waals surface area contributed by atoms with E-state index in [1.807, 2.05) is 35.2 Å². The molecule has 5 nitrogen and oxygen atoms in total. The molecule has 3 rings (SSSR count). The lowest BCUT2D eigenvalue weighted by Gasteiger charge is -2.35. The Morgan fingerprint density at radius 1 is 1.25 bits per heavy atom. The van der Waals surface area contributed by atoms with Gasteiger partial charge < -0.3 is 20.1 Å². The molecule has 2 aliphatic heterocycles. The number of nitrogens with two attached hydrogens (primary N) is 1. The topological polar surface area (TPSA) is 64.8 Å². The molecular weight excluding hydrogens is 256 g/mol. The molecule has 0 bridgehead atoms. The summed E-state index contributed by atoms with van der Waals surface area (Å²) in [5.41, 5.74) is 7.04. The molecule has 3 atom stereocenters. The van der Waals surface area contributed by atoms with Crippen LogP contribution < -0.4 is 5.73 Å². The van der Waals surface area contributed by atoms with Gasteiger partial charge in [-0.1, -0.05) is 30.3 Å². The van der Waals surface area contributed by atoms with Gasteiger partial charge in [0, 0.05) is 12.6 Å². The number of amides is 1. The summed E-state index contributed by atoms with van der Waals surface area (Å²) in [5.74, 6) is -0.108. The molecule has 0 aliphatic carbocycles. The Bertz CT molecular complexity index is 465. The van der Waals surface area contributed by atoms with Crippen molar-refractivity contribution in [2.24, 2.45) is 11.7 Å². The van der Waals surface area contributed by atoms with Crippen molar-refractivity contribution in [2.75, 3.05) is 32.9 Å². The number of carbonyl (C=O) groups is 1. The molecule has 1 amide bonds. The molecular formula is C15H20N2O3. The molecule has 2 saturated heterocycles. The monoisotopic (exact) mass is 276 g/mol. The molecule has 1 aromatic rings. The van der Waals surface area contributed by atoms with Gasteiger partial charge in [-0.05, 0) is 5.56 Å². The molecule has 1 aromatic carbocycles. The smallest absolute Gasteiger partial charge is 0.229 e. The van der Waals surface area contributed by atoms with Gasteiger partial charge in [-0.2, -0.15) is 0 Å².